The first-order chi connectivity index (χ1) is 11.1. The monoisotopic (exact) mass is 325 g/mol. The number of H-pyrrole nitrogens is 1. The van der Waals surface area contributed by atoms with E-state index in [1.165, 1.54) is 17.3 Å². The summed E-state index contributed by atoms with van der Waals surface area (Å²) < 4.78 is 0. The Morgan fingerprint density at radius 1 is 1.22 bits per heavy atom. The summed E-state index contributed by atoms with van der Waals surface area (Å²) in [6.07, 6.45) is 0. The lowest BCUT2D eigenvalue weighted by Gasteiger charge is -2.11. The van der Waals surface area contributed by atoms with Gasteiger partial charge in [-0.25, -0.2) is 4.98 Å². The van der Waals surface area contributed by atoms with Gasteiger partial charge in [0.15, 0.2) is 0 Å². The second kappa shape index (κ2) is 6.87. The molecule has 0 saturated heterocycles. The maximum Gasteiger partial charge on any atom is 0.230 e. The topological polar surface area (TPSA) is 57.8 Å². The van der Waals surface area contributed by atoms with Gasteiger partial charge >= 0.3 is 0 Å². The van der Waals surface area contributed by atoms with Crippen LogP contribution in [0.3, 0.4) is 0 Å². The minimum absolute atomic E-state index is 0.00327. The van der Waals surface area contributed by atoms with Crippen molar-refractivity contribution < 1.29 is 4.79 Å². The fourth-order valence-electron chi connectivity index (χ4n) is 2.31. The van der Waals surface area contributed by atoms with Crippen molar-refractivity contribution in [2.24, 2.45) is 0 Å². The summed E-state index contributed by atoms with van der Waals surface area (Å²) >= 11 is 1.54. The largest absolute Gasteiger partial charge is 0.346 e. The number of imidazole rings is 1. The van der Waals surface area contributed by atoms with E-state index < -0.39 is 0 Å². The number of aryl methyl sites for hydroxylation is 1. The molecule has 1 amide bonds. The summed E-state index contributed by atoms with van der Waals surface area (Å²) in [4.78, 5) is 21.0. The molecule has 2 aromatic carbocycles. The minimum Gasteiger partial charge on any atom is -0.346 e. The van der Waals surface area contributed by atoms with Crippen LogP contribution in [0.15, 0.2) is 53.4 Å². The van der Waals surface area contributed by atoms with E-state index in [4.69, 9.17) is 0 Å². The van der Waals surface area contributed by atoms with Crippen molar-refractivity contribution in [1.82, 2.24) is 15.3 Å². The molecule has 1 unspecified atom stereocenters. The second-order valence-electron chi connectivity index (χ2n) is 5.53. The lowest BCUT2D eigenvalue weighted by atomic mass is 10.2. The van der Waals surface area contributed by atoms with Crippen LogP contribution in [0.1, 0.15) is 24.4 Å². The van der Waals surface area contributed by atoms with E-state index in [-0.39, 0.29) is 11.9 Å². The van der Waals surface area contributed by atoms with E-state index in [0.717, 1.165) is 21.8 Å². The Hall–Kier alpha value is -2.27. The fourth-order valence-corrected chi connectivity index (χ4v) is 3.02. The van der Waals surface area contributed by atoms with E-state index in [1.807, 2.05) is 43.3 Å². The number of hydrogen-bond acceptors (Lipinski definition) is 3. The molecule has 3 rings (SSSR count). The smallest absolute Gasteiger partial charge is 0.230 e. The van der Waals surface area contributed by atoms with Crippen molar-refractivity contribution in [1.29, 1.82) is 0 Å². The van der Waals surface area contributed by atoms with Crippen molar-refractivity contribution in [3.05, 3.63) is 59.9 Å². The molecule has 3 aromatic rings. The van der Waals surface area contributed by atoms with Gasteiger partial charge in [-0.3, -0.25) is 4.79 Å². The highest BCUT2D eigenvalue weighted by molar-refractivity contribution is 8.00. The van der Waals surface area contributed by atoms with Gasteiger partial charge in [-0.15, -0.1) is 11.8 Å². The Morgan fingerprint density at radius 2 is 1.96 bits per heavy atom. The van der Waals surface area contributed by atoms with E-state index in [0.29, 0.717) is 5.75 Å². The van der Waals surface area contributed by atoms with Crippen molar-refractivity contribution >= 4 is 28.7 Å². The van der Waals surface area contributed by atoms with Crippen LogP contribution in [0, 0.1) is 6.92 Å². The highest BCUT2D eigenvalue weighted by Gasteiger charge is 2.13. The van der Waals surface area contributed by atoms with Crippen molar-refractivity contribution in [2.75, 3.05) is 5.75 Å². The molecule has 0 bridgehead atoms. The number of hydrogen-bond donors (Lipinski definition) is 2. The van der Waals surface area contributed by atoms with Gasteiger partial charge in [0.1, 0.15) is 5.82 Å². The Bertz CT molecular complexity index is 778. The molecular formula is C18H19N3OS. The minimum atomic E-state index is -0.145. The lowest BCUT2D eigenvalue weighted by Crippen LogP contribution is -2.28. The van der Waals surface area contributed by atoms with Gasteiger partial charge in [-0.05, 0) is 38.1 Å². The molecule has 0 aliphatic heterocycles. The number of aromatic amines is 1. The Labute approximate surface area is 139 Å². The summed E-state index contributed by atoms with van der Waals surface area (Å²) in [5.41, 5.74) is 3.12. The number of benzene rings is 2. The second-order valence-corrected chi connectivity index (χ2v) is 6.58. The Morgan fingerprint density at radius 3 is 2.70 bits per heavy atom. The third-order valence-corrected chi connectivity index (χ3v) is 4.60. The first-order valence-corrected chi connectivity index (χ1v) is 8.54. The van der Waals surface area contributed by atoms with Crippen LogP contribution in [0.5, 0.6) is 0 Å². The van der Waals surface area contributed by atoms with Crippen LogP contribution in [0.4, 0.5) is 0 Å². The average molecular weight is 325 g/mol. The molecular weight excluding hydrogens is 306 g/mol. The maximum absolute atomic E-state index is 12.1. The van der Waals surface area contributed by atoms with Crippen LogP contribution >= 0.6 is 11.8 Å². The molecule has 0 aliphatic carbocycles. The number of rotatable bonds is 5. The Balaban J connectivity index is 1.57. The first-order valence-electron chi connectivity index (χ1n) is 7.55. The summed E-state index contributed by atoms with van der Waals surface area (Å²) in [5.74, 6) is 1.18. The van der Waals surface area contributed by atoms with Gasteiger partial charge < -0.3 is 10.3 Å². The van der Waals surface area contributed by atoms with E-state index >= 15 is 0 Å². The summed E-state index contributed by atoms with van der Waals surface area (Å²) in [6.45, 7) is 3.99. The van der Waals surface area contributed by atoms with Crippen LogP contribution < -0.4 is 5.32 Å². The average Bonchev–Trinajstić information content (AvgIpc) is 2.98. The fraction of sp³-hybridized carbons (Fsp3) is 0.222. The van der Waals surface area contributed by atoms with E-state index in [2.05, 4.69) is 34.3 Å². The number of carbonyl (C=O) groups excluding carboxylic acids is 1. The number of para-hydroxylation sites is 2. The SMILES string of the molecule is Cc1ccc(SCC(=O)NC(C)c2nc3ccccc3[nH]2)cc1. The number of nitrogens with one attached hydrogen (secondary N) is 2. The Kier molecular flexibility index (Phi) is 4.67. The molecule has 1 aromatic heterocycles. The van der Waals surface area contributed by atoms with Crippen LogP contribution in [-0.2, 0) is 4.79 Å². The maximum atomic E-state index is 12.1. The summed E-state index contributed by atoms with van der Waals surface area (Å²) in [6, 6.07) is 15.9. The van der Waals surface area contributed by atoms with Crippen molar-refractivity contribution in [3.8, 4) is 0 Å². The highest BCUT2D eigenvalue weighted by atomic mass is 32.2. The van der Waals surface area contributed by atoms with E-state index in [1.54, 1.807) is 0 Å². The molecule has 0 saturated carbocycles. The first kappa shape index (κ1) is 15.6. The molecule has 4 nitrogen and oxygen atoms in total. The number of fused-ring (bicyclic) bond motifs is 1. The molecule has 0 radical (unpaired) electrons. The standard InChI is InChI=1S/C18H19N3OS/c1-12-7-9-14(10-8-12)23-11-17(22)19-13(2)18-20-15-5-3-4-6-16(15)21-18/h3-10,13H,11H2,1-2H3,(H,19,22)(H,20,21). The molecule has 118 valence electrons. The summed E-state index contributed by atoms with van der Waals surface area (Å²) in [5, 5.41) is 2.99. The number of aromatic nitrogens is 2. The normalized spacial score (nSPS) is 12.3. The molecule has 2 N–H and O–H groups in total. The van der Waals surface area contributed by atoms with E-state index in [9.17, 15) is 4.79 Å². The quantitative estimate of drug-likeness (QED) is 0.701. The number of amides is 1. The van der Waals surface area contributed by atoms with Gasteiger partial charge in [0.25, 0.3) is 0 Å². The molecule has 1 atom stereocenters. The predicted octanol–water partition coefficient (Wildman–Crippen LogP) is 3.84. The third kappa shape index (κ3) is 3.93. The third-order valence-electron chi connectivity index (χ3n) is 3.59. The van der Waals surface area contributed by atoms with Crippen molar-refractivity contribution in [3.63, 3.8) is 0 Å². The molecule has 1 heterocycles. The number of thioether (sulfide) groups is 1. The summed E-state index contributed by atoms with van der Waals surface area (Å²) in [7, 11) is 0. The zero-order valence-electron chi connectivity index (χ0n) is 13.2. The predicted molar refractivity (Wildman–Crippen MR) is 94.6 cm³/mol. The van der Waals surface area contributed by atoms with Gasteiger partial charge in [0.05, 0.1) is 22.8 Å². The molecule has 0 spiro atoms. The molecule has 0 fully saturated rings. The van der Waals surface area contributed by atoms with Gasteiger partial charge in [-0.1, -0.05) is 29.8 Å². The highest BCUT2D eigenvalue weighted by Crippen LogP contribution is 2.19. The van der Waals surface area contributed by atoms with Gasteiger partial charge in [0, 0.05) is 4.90 Å². The molecule has 5 heteroatoms. The van der Waals surface area contributed by atoms with Gasteiger partial charge in [-0.2, -0.15) is 0 Å². The van der Waals surface area contributed by atoms with Crippen LogP contribution in [-0.4, -0.2) is 21.6 Å². The molecule has 0 aliphatic rings. The van der Waals surface area contributed by atoms with Gasteiger partial charge in [0.2, 0.25) is 5.91 Å². The van der Waals surface area contributed by atoms with Crippen molar-refractivity contribution in [2.45, 2.75) is 24.8 Å². The molecule has 23 heavy (non-hydrogen) atoms. The zero-order chi connectivity index (χ0) is 16.2. The van der Waals surface area contributed by atoms with Crippen LogP contribution in [0.2, 0.25) is 0 Å². The number of carbonyl (C=O) groups is 1. The number of nitrogens with zero attached hydrogens (tertiary/aromatic N) is 1. The lowest BCUT2D eigenvalue weighted by molar-refractivity contribution is -0.119. The van der Waals surface area contributed by atoms with Crippen LogP contribution in [0.25, 0.3) is 11.0 Å². The zero-order valence-corrected chi connectivity index (χ0v) is 14.0.